The van der Waals surface area contributed by atoms with E-state index in [1.807, 2.05) is 6.07 Å². The van der Waals surface area contributed by atoms with Crippen LogP contribution in [0, 0.1) is 0 Å². The number of rotatable bonds is 6. The van der Waals surface area contributed by atoms with Crippen molar-refractivity contribution in [2.24, 2.45) is 0 Å². The molecule has 0 spiro atoms. The second kappa shape index (κ2) is 9.40. The molecule has 30 heavy (non-hydrogen) atoms. The summed E-state index contributed by atoms with van der Waals surface area (Å²) in [5, 5.41) is 5.15. The normalized spacial score (nSPS) is 11.0. The minimum absolute atomic E-state index is 0.171. The molecule has 2 N–H and O–H groups in total. The highest BCUT2D eigenvalue weighted by atomic mass is 32.2. The molecule has 0 aliphatic carbocycles. The van der Waals surface area contributed by atoms with E-state index in [4.69, 9.17) is 0 Å². The molecule has 0 saturated carbocycles. The number of hydrogen-bond donors (Lipinski definition) is 2. The third-order valence-electron chi connectivity index (χ3n) is 3.73. The van der Waals surface area contributed by atoms with Crippen LogP contribution >= 0.6 is 11.8 Å². The maximum atomic E-state index is 12.7. The van der Waals surface area contributed by atoms with E-state index in [9.17, 15) is 22.8 Å². The first-order chi connectivity index (χ1) is 14.3. The topological polar surface area (TPSA) is 84.0 Å². The SMILES string of the molecule is O=C(CSc1nccc(C(F)(F)F)n1)Nc1ccccc1C(=O)Nc1ccccc1. The highest BCUT2D eigenvalue weighted by molar-refractivity contribution is 7.99. The molecule has 0 unspecified atom stereocenters. The van der Waals surface area contributed by atoms with Gasteiger partial charge in [-0.05, 0) is 30.3 Å². The predicted octanol–water partition coefficient (Wildman–Crippen LogP) is 4.48. The van der Waals surface area contributed by atoms with Crippen molar-refractivity contribution < 1.29 is 22.8 Å². The fraction of sp³-hybridized carbons (Fsp3) is 0.100. The second-order valence-corrected chi connectivity index (χ2v) is 6.87. The van der Waals surface area contributed by atoms with Gasteiger partial charge in [-0.15, -0.1) is 0 Å². The lowest BCUT2D eigenvalue weighted by molar-refractivity contribution is -0.141. The summed E-state index contributed by atoms with van der Waals surface area (Å²) in [6, 6.07) is 16.0. The molecule has 0 bridgehead atoms. The summed E-state index contributed by atoms with van der Waals surface area (Å²) < 4.78 is 38.1. The number of alkyl halides is 3. The standard InChI is InChI=1S/C20H15F3N4O2S/c21-20(22,23)16-10-11-24-19(27-16)30-12-17(28)26-15-9-5-4-8-14(15)18(29)25-13-6-2-1-3-7-13/h1-11H,12H2,(H,25,29)(H,26,28). The molecule has 3 aromatic rings. The lowest BCUT2D eigenvalue weighted by Crippen LogP contribution is -2.19. The van der Waals surface area contributed by atoms with Crippen LogP contribution in [0.3, 0.4) is 0 Å². The van der Waals surface area contributed by atoms with Crippen LogP contribution < -0.4 is 10.6 Å². The zero-order valence-corrected chi connectivity index (χ0v) is 16.1. The molecule has 0 fully saturated rings. The van der Waals surface area contributed by atoms with Crippen LogP contribution in [0.1, 0.15) is 16.1 Å². The number of carbonyl (C=O) groups is 2. The van der Waals surface area contributed by atoms with Gasteiger partial charge in [0.05, 0.1) is 17.0 Å². The van der Waals surface area contributed by atoms with Gasteiger partial charge in [-0.1, -0.05) is 42.1 Å². The number of thioether (sulfide) groups is 1. The summed E-state index contributed by atoms with van der Waals surface area (Å²) in [5.74, 6) is -1.15. The Bertz CT molecular complexity index is 1050. The summed E-state index contributed by atoms with van der Waals surface area (Å²) in [4.78, 5) is 31.9. The molecule has 154 valence electrons. The largest absolute Gasteiger partial charge is 0.433 e. The molecule has 3 rings (SSSR count). The van der Waals surface area contributed by atoms with Gasteiger partial charge in [-0.25, -0.2) is 9.97 Å². The quantitative estimate of drug-likeness (QED) is 0.443. The molecular weight excluding hydrogens is 417 g/mol. The molecule has 2 aromatic carbocycles. The Balaban J connectivity index is 1.64. The predicted molar refractivity (Wildman–Crippen MR) is 107 cm³/mol. The molecule has 1 heterocycles. The molecule has 6 nitrogen and oxygen atoms in total. The van der Waals surface area contributed by atoms with Crippen molar-refractivity contribution in [3.63, 3.8) is 0 Å². The van der Waals surface area contributed by atoms with E-state index in [1.165, 1.54) is 0 Å². The number of para-hydroxylation sites is 2. The fourth-order valence-corrected chi connectivity index (χ4v) is 3.03. The maximum absolute atomic E-state index is 12.7. The number of anilines is 2. The Kier molecular flexibility index (Phi) is 6.68. The van der Waals surface area contributed by atoms with Crippen LogP contribution in [-0.2, 0) is 11.0 Å². The molecule has 0 radical (unpaired) electrons. The van der Waals surface area contributed by atoms with Gasteiger partial charge in [0, 0.05) is 11.9 Å². The van der Waals surface area contributed by atoms with Crippen LogP contribution in [0.5, 0.6) is 0 Å². The van der Waals surface area contributed by atoms with Gasteiger partial charge in [-0.3, -0.25) is 9.59 Å². The van der Waals surface area contributed by atoms with E-state index in [0.29, 0.717) is 5.69 Å². The summed E-state index contributed by atoms with van der Waals surface area (Å²) >= 11 is 0.760. The third-order valence-corrected chi connectivity index (χ3v) is 4.60. The van der Waals surface area contributed by atoms with Gasteiger partial charge >= 0.3 is 6.18 Å². The van der Waals surface area contributed by atoms with Crippen LogP contribution in [0.15, 0.2) is 72.0 Å². The van der Waals surface area contributed by atoms with Crippen LogP contribution in [0.25, 0.3) is 0 Å². The molecule has 0 saturated heterocycles. The number of amides is 2. The van der Waals surface area contributed by atoms with Gasteiger partial charge in [-0.2, -0.15) is 13.2 Å². The average Bonchev–Trinajstić information content (AvgIpc) is 2.73. The van der Waals surface area contributed by atoms with Gasteiger partial charge in [0.15, 0.2) is 5.16 Å². The van der Waals surface area contributed by atoms with E-state index in [2.05, 4.69) is 20.6 Å². The minimum atomic E-state index is -4.59. The van der Waals surface area contributed by atoms with Crippen molar-refractivity contribution in [1.29, 1.82) is 0 Å². The van der Waals surface area contributed by atoms with Crippen LogP contribution in [0.4, 0.5) is 24.5 Å². The van der Waals surface area contributed by atoms with Crippen LogP contribution in [-0.4, -0.2) is 27.5 Å². The maximum Gasteiger partial charge on any atom is 0.433 e. The van der Waals surface area contributed by atoms with Crippen molar-refractivity contribution in [1.82, 2.24) is 9.97 Å². The number of hydrogen-bond acceptors (Lipinski definition) is 5. The van der Waals surface area contributed by atoms with Gasteiger partial charge in [0.2, 0.25) is 5.91 Å². The highest BCUT2D eigenvalue weighted by Gasteiger charge is 2.32. The minimum Gasteiger partial charge on any atom is -0.325 e. The third kappa shape index (κ3) is 5.80. The second-order valence-electron chi connectivity index (χ2n) is 5.92. The van der Waals surface area contributed by atoms with E-state index in [1.54, 1.807) is 48.5 Å². The molecule has 0 atom stereocenters. The highest BCUT2D eigenvalue weighted by Crippen LogP contribution is 2.28. The van der Waals surface area contributed by atoms with E-state index in [0.717, 1.165) is 24.0 Å². The average molecular weight is 432 g/mol. The Morgan fingerprint density at radius 1 is 0.933 bits per heavy atom. The Morgan fingerprint density at radius 2 is 1.63 bits per heavy atom. The Morgan fingerprint density at radius 3 is 2.37 bits per heavy atom. The fourth-order valence-electron chi connectivity index (χ4n) is 2.39. The molecule has 10 heteroatoms. The van der Waals surface area contributed by atoms with Crippen molar-refractivity contribution in [3.05, 3.63) is 78.1 Å². The van der Waals surface area contributed by atoms with Crippen LogP contribution in [0.2, 0.25) is 0 Å². The number of halogens is 3. The first-order valence-corrected chi connectivity index (χ1v) is 9.60. The van der Waals surface area contributed by atoms with E-state index < -0.39 is 23.7 Å². The van der Waals surface area contributed by atoms with Crippen molar-refractivity contribution in [2.45, 2.75) is 11.3 Å². The van der Waals surface area contributed by atoms with E-state index in [-0.39, 0.29) is 22.2 Å². The van der Waals surface area contributed by atoms with Crippen molar-refractivity contribution in [3.8, 4) is 0 Å². The smallest absolute Gasteiger partial charge is 0.325 e. The molecule has 2 amide bonds. The molecule has 0 aliphatic rings. The Labute approximate surface area is 173 Å². The Hall–Kier alpha value is -3.40. The first kappa shape index (κ1) is 21.3. The molecular formula is C20H15F3N4O2S. The molecule has 0 aliphatic heterocycles. The summed E-state index contributed by atoms with van der Waals surface area (Å²) in [6.07, 6.45) is -3.61. The number of aromatic nitrogens is 2. The monoisotopic (exact) mass is 432 g/mol. The lowest BCUT2D eigenvalue weighted by atomic mass is 10.1. The van der Waals surface area contributed by atoms with E-state index >= 15 is 0 Å². The number of carbonyl (C=O) groups excluding carboxylic acids is 2. The molecule has 1 aromatic heterocycles. The number of nitrogens with one attached hydrogen (secondary N) is 2. The van der Waals surface area contributed by atoms with Gasteiger partial charge < -0.3 is 10.6 Å². The number of benzene rings is 2. The van der Waals surface area contributed by atoms with Crippen molar-refractivity contribution in [2.75, 3.05) is 16.4 Å². The first-order valence-electron chi connectivity index (χ1n) is 8.61. The van der Waals surface area contributed by atoms with Gasteiger partial charge in [0.25, 0.3) is 5.91 Å². The van der Waals surface area contributed by atoms with Crippen molar-refractivity contribution >= 4 is 35.0 Å². The summed E-state index contributed by atoms with van der Waals surface area (Å²) in [6.45, 7) is 0. The lowest BCUT2D eigenvalue weighted by Gasteiger charge is -2.11. The summed E-state index contributed by atoms with van der Waals surface area (Å²) in [7, 11) is 0. The summed E-state index contributed by atoms with van der Waals surface area (Å²) in [5.41, 5.74) is 0.0423. The number of nitrogens with zero attached hydrogens (tertiary/aromatic N) is 2. The van der Waals surface area contributed by atoms with Gasteiger partial charge in [0.1, 0.15) is 5.69 Å². The zero-order valence-electron chi connectivity index (χ0n) is 15.3. The zero-order chi connectivity index (χ0) is 21.6.